The summed E-state index contributed by atoms with van der Waals surface area (Å²) in [7, 11) is -3.64. The Morgan fingerprint density at radius 3 is 2.41 bits per heavy atom. The monoisotopic (exact) mass is 414 g/mol. The summed E-state index contributed by atoms with van der Waals surface area (Å²) in [6.07, 6.45) is 1.52. The van der Waals surface area contributed by atoms with Gasteiger partial charge in [0.2, 0.25) is 10.0 Å². The van der Waals surface area contributed by atoms with E-state index in [1.165, 1.54) is 28.6 Å². The Hall–Kier alpha value is -2.78. The van der Waals surface area contributed by atoms with Crippen molar-refractivity contribution in [1.29, 1.82) is 0 Å². The SMILES string of the molecule is Cc1nc2ccccc2n1CC1CCN(S(=O)(=O)c2ccc([N+](=O)[O-])cc2)CC1. The maximum Gasteiger partial charge on any atom is 0.269 e. The Morgan fingerprint density at radius 1 is 1.10 bits per heavy atom. The topological polar surface area (TPSA) is 98.3 Å². The molecule has 1 aliphatic rings. The number of hydrogen-bond acceptors (Lipinski definition) is 5. The number of aryl methyl sites for hydroxylation is 1. The number of hydrogen-bond donors (Lipinski definition) is 0. The van der Waals surface area contributed by atoms with Crippen molar-refractivity contribution >= 4 is 26.7 Å². The van der Waals surface area contributed by atoms with Crippen molar-refractivity contribution in [2.75, 3.05) is 13.1 Å². The molecular formula is C20H22N4O4S. The first-order chi connectivity index (χ1) is 13.9. The summed E-state index contributed by atoms with van der Waals surface area (Å²) in [6, 6.07) is 13.1. The van der Waals surface area contributed by atoms with Crippen LogP contribution in [-0.4, -0.2) is 40.3 Å². The van der Waals surface area contributed by atoms with E-state index >= 15 is 0 Å². The quantitative estimate of drug-likeness (QED) is 0.471. The van der Waals surface area contributed by atoms with E-state index in [-0.39, 0.29) is 10.6 Å². The van der Waals surface area contributed by atoms with Gasteiger partial charge in [0, 0.05) is 31.8 Å². The van der Waals surface area contributed by atoms with Gasteiger partial charge < -0.3 is 4.57 Å². The van der Waals surface area contributed by atoms with Gasteiger partial charge in [0.1, 0.15) is 5.82 Å². The third kappa shape index (κ3) is 3.75. The van der Waals surface area contributed by atoms with Crippen LogP contribution in [0.1, 0.15) is 18.7 Å². The molecule has 3 aromatic rings. The van der Waals surface area contributed by atoms with Crippen molar-refractivity contribution in [3.63, 3.8) is 0 Å². The van der Waals surface area contributed by atoms with Crippen LogP contribution in [0.4, 0.5) is 5.69 Å². The molecule has 29 heavy (non-hydrogen) atoms. The highest BCUT2D eigenvalue weighted by atomic mass is 32.2. The molecule has 152 valence electrons. The summed E-state index contributed by atoms with van der Waals surface area (Å²) in [5, 5.41) is 10.8. The molecule has 1 aliphatic heterocycles. The van der Waals surface area contributed by atoms with E-state index in [0.29, 0.717) is 19.0 Å². The molecule has 8 nitrogen and oxygen atoms in total. The van der Waals surface area contributed by atoms with Gasteiger partial charge in [0.25, 0.3) is 5.69 Å². The number of imidazole rings is 1. The van der Waals surface area contributed by atoms with Crippen LogP contribution in [0.15, 0.2) is 53.4 Å². The highest BCUT2D eigenvalue weighted by Crippen LogP contribution is 2.27. The first kappa shape index (κ1) is 19.5. The van der Waals surface area contributed by atoms with E-state index in [1.54, 1.807) is 0 Å². The lowest BCUT2D eigenvalue weighted by atomic mass is 9.98. The zero-order valence-corrected chi connectivity index (χ0v) is 16.9. The van der Waals surface area contributed by atoms with Crippen LogP contribution in [0.3, 0.4) is 0 Å². The first-order valence-electron chi connectivity index (χ1n) is 9.53. The normalized spacial score (nSPS) is 16.3. The van der Waals surface area contributed by atoms with Gasteiger partial charge >= 0.3 is 0 Å². The number of para-hydroxylation sites is 2. The fraction of sp³-hybridized carbons (Fsp3) is 0.350. The highest BCUT2D eigenvalue weighted by Gasteiger charge is 2.30. The van der Waals surface area contributed by atoms with Gasteiger partial charge in [-0.05, 0) is 49.9 Å². The van der Waals surface area contributed by atoms with Gasteiger partial charge in [-0.3, -0.25) is 10.1 Å². The lowest BCUT2D eigenvalue weighted by Gasteiger charge is -2.31. The molecule has 0 N–H and O–H groups in total. The average Bonchev–Trinajstić information content (AvgIpc) is 3.04. The second-order valence-corrected chi connectivity index (χ2v) is 9.29. The molecule has 0 aliphatic carbocycles. The van der Waals surface area contributed by atoms with Gasteiger partial charge in [0.15, 0.2) is 0 Å². The molecule has 0 radical (unpaired) electrons. The second-order valence-electron chi connectivity index (χ2n) is 7.36. The van der Waals surface area contributed by atoms with E-state index in [2.05, 4.69) is 15.6 Å². The maximum atomic E-state index is 12.9. The lowest BCUT2D eigenvalue weighted by molar-refractivity contribution is -0.384. The number of nitro groups is 1. The van der Waals surface area contributed by atoms with Gasteiger partial charge in [-0.2, -0.15) is 4.31 Å². The second kappa shape index (κ2) is 7.57. The molecule has 2 aromatic carbocycles. The van der Waals surface area contributed by atoms with Crippen LogP contribution in [0, 0.1) is 23.0 Å². The maximum absolute atomic E-state index is 12.9. The molecule has 2 heterocycles. The zero-order chi connectivity index (χ0) is 20.6. The van der Waals surface area contributed by atoms with Crippen molar-refractivity contribution < 1.29 is 13.3 Å². The van der Waals surface area contributed by atoms with Crippen molar-refractivity contribution in [3.05, 3.63) is 64.5 Å². The van der Waals surface area contributed by atoms with Crippen molar-refractivity contribution in [2.45, 2.75) is 31.2 Å². The van der Waals surface area contributed by atoms with E-state index in [9.17, 15) is 18.5 Å². The molecule has 0 unspecified atom stereocenters. The molecule has 0 spiro atoms. The Balaban J connectivity index is 1.44. The number of aromatic nitrogens is 2. The predicted octanol–water partition coefficient (Wildman–Crippen LogP) is 3.35. The molecule has 0 saturated carbocycles. The summed E-state index contributed by atoms with van der Waals surface area (Å²) in [6.45, 7) is 3.69. The standard InChI is InChI=1S/C20H22N4O4S/c1-15-21-19-4-2-3-5-20(19)23(15)14-16-10-12-22(13-11-16)29(27,28)18-8-6-17(7-9-18)24(25)26/h2-9,16H,10-14H2,1H3. The summed E-state index contributed by atoms with van der Waals surface area (Å²) in [4.78, 5) is 14.9. The Bertz CT molecular complexity index is 1150. The van der Waals surface area contributed by atoms with E-state index in [1.807, 2.05) is 25.1 Å². The molecular weight excluding hydrogens is 392 g/mol. The Kier molecular flexibility index (Phi) is 5.10. The fourth-order valence-electron chi connectivity index (χ4n) is 3.91. The van der Waals surface area contributed by atoms with Crippen LogP contribution in [-0.2, 0) is 16.6 Å². The number of sulfonamides is 1. The molecule has 9 heteroatoms. The molecule has 0 amide bonds. The smallest absolute Gasteiger partial charge is 0.269 e. The number of benzene rings is 2. The summed E-state index contributed by atoms with van der Waals surface area (Å²) in [5.74, 6) is 1.33. The third-order valence-electron chi connectivity index (χ3n) is 5.54. The Morgan fingerprint density at radius 2 is 1.76 bits per heavy atom. The molecule has 1 saturated heterocycles. The van der Waals surface area contributed by atoms with E-state index in [4.69, 9.17) is 0 Å². The van der Waals surface area contributed by atoms with Crippen LogP contribution in [0.2, 0.25) is 0 Å². The van der Waals surface area contributed by atoms with Gasteiger partial charge in [-0.15, -0.1) is 0 Å². The third-order valence-corrected chi connectivity index (χ3v) is 7.46. The number of piperidine rings is 1. The number of nitrogens with zero attached hydrogens (tertiary/aromatic N) is 4. The molecule has 0 atom stereocenters. The van der Waals surface area contributed by atoms with Crippen LogP contribution in [0.5, 0.6) is 0 Å². The van der Waals surface area contributed by atoms with Crippen LogP contribution >= 0.6 is 0 Å². The molecule has 0 bridgehead atoms. The molecule has 1 fully saturated rings. The van der Waals surface area contributed by atoms with Crippen LogP contribution < -0.4 is 0 Å². The summed E-state index contributed by atoms with van der Waals surface area (Å²) in [5.41, 5.74) is 1.96. The highest BCUT2D eigenvalue weighted by molar-refractivity contribution is 7.89. The number of fused-ring (bicyclic) bond motifs is 1. The first-order valence-corrected chi connectivity index (χ1v) is 11.0. The minimum absolute atomic E-state index is 0.0954. The number of non-ortho nitro benzene ring substituents is 1. The van der Waals surface area contributed by atoms with Gasteiger partial charge in [-0.25, -0.2) is 13.4 Å². The number of rotatable bonds is 5. The van der Waals surface area contributed by atoms with Gasteiger partial charge in [0.05, 0.1) is 20.9 Å². The lowest BCUT2D eigenvalue weighted by Crippen LogP contribution is -2.39. The number of nitro benzene ring substituents is 1. The fourth-order valence-corrected chi connectivity index (χ4v) is 5.38. The Labute approximate surface area is 169 Å². The minimum atomic E-state index is -3.64. The van der Waals surface area contributed by atoms with E-state index < -0.39 is 14.9 Å². The largest absolute Gasteiger partial charge is 0.328 e. The summed E-state index contributed by atoms with van der Waals surface area (Å²) >= 11 is 0. The minimum Gasteiger partial charge on any atom is -0.328 e. The van der Waals surface area contributed by atoms with Crippen LogP contribution in [0.25, 0.3) is 11.0 Å². The average molecular weight is 414 g/mol. The molecule has 4 rings (SSSR count). The van der Waals surface area contributed by atoms with Crippen molar-refractivity contribution in [2.24, 2.45) is 5.92 Å². The van der Waals surface area contributed by atoms with Crippen molar-refractivity contribution in [3.8, 4) is 0 Å². The predicted molar refractivity (Wildman–Crippen MR) is 109 cm³/mol. The molecule has 1 aromatic heterocycles. The van der Waals surface area contributed by atoms with Crippen molar-refractivity contribution in [1.82, 2.24) is 13.9 Å². The van der Waals surface area contributed by atoms with Gasteiger partial charge in [-0.1, -0.05) is 12.1 Å². The summed E-state index contributed by atoms with van der Waals surface area (Å²) < 4.78 is 29.4. The zero-order valence-electron chi connectivity index (χ0n) is 16.1. The van der Waals surface area contributed by atoms with E-state index in [0.717, 1.165) is 36.2 Å².